The quantitative estimate of drug-likeness (QED) is 0.774. The Kier molecular flexibility index (Phi) is 6.11. The molecule has 0 aliphatic carbocycles. The highest BCUT2D eigenvalue weighted by atomic mass is 16.3. The summed E-state index contributed by atoms with van der Waals surface area (Å²) in [6.07, 6.45) is -0.642. The van der Waals surface area contributed by atoms with Gasteiger partial charge < -0.3 is 15.7 Å². The van der Waals surface area contributed by atoms with E-state index in [2.05, 4.69) is 10.6 Å². The molecule has 0 aliphatic heterocycles. The van der Waals surface area contributed by atoms with Crippen molar-refractivity contribution < 1.29 is 14.7 Å². The van der Waals surface area contributed by atoms with E-state index in [1.807, 2.05) is 33.8 Å². The largest absolute Gasteiger partial charge is 0.391 e. The fourth-order valence-corrected chi connectivity index (χ4v) is 1.79. The van der Waals surface area contributed by atoms with Crippen LogP contribution in [0.4, 0.5) is 0 Å². The third kappa shape index (κ3) is 5.48. The lowest BCUT2D eigenvalue weighted by molar-refractivity contribution is -0.123. The number of benzene rings is 1. The molecule has 0 saturated heterocycles. The third-order valence-electron chi connectivity index (χ3n) is 3.49. The molecule has 0 heterocycles. The van der Waals surface area contributed by atoms with Gasteiger partial charge in [0.1, 0.15) is 6.04 Å². The average Bonchev–Trinajstić information content (AvgIpc) is 2.43. The summed E-state index contributed by atoms with van der Waals surface area (Å²) in [5.41, 5.74) is 1.20. The lowest BCUT2D eigenvalue weighted by Gasteiger charge is -2.26. The van der Waals surface area contributed by atoms with Crippen LogP contribution < -0.4 is 10.6 Å². The summed E-state index contributed by atoms with van der Waals surface area (Å²) in [5, 5.41) is 15.2. The number of carbonyl (C=O) groups is 2. The summed E-state index contributed by atoms with van der Waals surface area (Å²) in [5.74, 6) is -0.605. The third-order valence-corrected chi connectivity index (χ3v) is 3.49. The van der Waals surface area contributed by atoms with E-state index in [0.29, 0.717) is 5.56 Å². The molecule has 2 unspecified atom stereocenters. The number of nitrogens with one attached hydrogen (secondary N) is 2. The van der Waals surface area contributed by atoms with Crippen molar-refractivity contribution in [3.05, 3.63) is 35.4 Å². The maximum Gasteiger partial charge on any atom is 0.251 e. The Balaban J connectivity index is 2.52. The molecule has 0 radical (unpaired) electrons. The number of carbonyl (C=O) groups excluding carboxylic acids is 2. The van der Waals surface area contributed by atoms with Crippen molar-refractivity contribution in [3.63, 3.8) is 0 Å². The molecule has 122 valence electrons. The van der Waals surface area contributed by atoms with Crippen LogP contribution in [0.25, 0.3) is 0 Å². The van der Waals surface area contributed by atoms with Crippen molar-refractivity contribution in [2.45, 2.75) is 46.8 Å². The van der Waals surface area contributed by atoms with Gasteiger partial charge in [-0.25, -0.2) is 0 Å². The standard InChI is InChI=1S/C17H26N2O3/c1-11-7-6-8-13(9-11)16(22)19-12(2)15(21)18-10-14(20)17(3,4)5/h6-9,12,14,20H,10H2,1-5H3,(H,18,21)(H,19,22). The highest BCUT2D eigenvalue weighted by molar-refractivity contribution is 5.97. The molecule has 0 spiro atoms. The van der Waals surface area contributed by atoms with Gasteiger partial charge in [-0.15, -0.1) is 0 Å². The van der Waals surface area contributed by atoms with Crippen LogP contribution in [0.1, 0.15) is 43.6 Å². The Bertz CT molecular complexity index is 535. The average molecular weight is 306 g/mol. The molecule has 5 nitrogen and oxygen atoms in total. The van der Waals surface area contributed by atoms with Crippen LogP contribution in [0.3, 0.4) is 0 Å². The van der Waals surface area contributed by atoms with Gasteiger partial charge in [0, 0.05) is 12.1 Å². The van der Waals surface area contributed by atoms with E-state index in [-0.39, 0.29) is 23.8 Å². The summed E-state index contributed by atoms with van der Waals surface area (Å²) < 4.78 is 0. The normalized spacial score (nSPS) is 14.1. The molecule has 0 aliphatic rings. The molecule has 1 aromatic rings. The summed E-state index contributed by atoms with van der Waals surface area (Å²) in [4.78, 5) is 24.0. The molecule has 1 aromatic carbocycles. The Hall–Kier alpha value is -1.88. The van der Waals surface area contributed by atoms with Gasteiger partial charge in [-0.3, -0.25) is 9.59 Å². The maximum absolute atomic E-state index is 12.1. The van der Waals surface area contributed by atoms with Crippen LogP contribution in [0.5, 0.6) is 0 Å². The van der Waals surface area contributed by atoms with E-state index in [0.717, 1.165) is 5.56 Å². The van der Waals surface area contributed by atoms with Crippen molar-refractivity contribution in [3.8, 4) is 0 Å². The highest BCUT2D eigenvalue weighted by Gasteiger charge is 2.24. The zero-order valence-corrected chi connectivity index (χ0v) is 13.9. The zero-order chi connectivity index (χ0) is 16.9. The van der Waals surface area contributed by atoms with Crippen LogP contribution in [0.15, 0.2) is 24.3 Å². The number of aliphatic hydroxyl groups excluding tert-OH is 1. The summed E-state index contributed by atoms with van der Waals surface area (Å²) >= 11 is 0. The second-order valence-electron chi connectivity index (χ2n) is 6.69. The molecule has 1 rings (SSSR count). The smallest absolute Gasteiger partial charge is 0.251 e. The van der Waals surface area contributed by atoms with Gasteiger partial charge >= 0.3 is 0 Å². The van der Waals surface area contributed by atoms with Crippen molar-refractivity contribution in [1.82, 2.24) is 10.6 Å². The Morgan fingerprint density at radius 1 is 1.27 bits per heavy atom. The number of hydrogen-bond donors (Lipinski definition) is 3. The summed E-state index contributed by atoms with van der Waals surface area (Å²) in [6.45, 7) is 9.37. The fourth-order valence-electron chi connectivity index (χ4n) is 1.79. The molecule has 2 atom stereocenters. The van der Waals surface area contributed by atoms with Crippen molar-refractivity contribution in [2.75, 3.05) is 6.54 Å². The van der Waals surface area contributed by atoms with Gasteiger partial charge in [-0.05, 0) is 31.4 Å². The van der Waals surface area contributed by atoms with Crippen molar-refractivity contribution in [1.29, 1.82) is 0 Å². The lowest BCUT2D eigenvalue weighted by atomic mass is 9.89. The van der Waals surface area contributed by atoms with Crippen molar-refractivity contribution >= 4 is 11.8 Å². The number of aryl methyl sites for hydroxylation is 1. The molecule has 22 heavy (non-hydrogen) atoms. The molecule has 0 aromatic heterocycles. The van der Waals surface area contributed by atoms with Gasteiger partial charge in [0.05, 0.1) is 6.10 Å². The van der Waals surface area contributed by atoms with Crippen LogP contribution in [0, 0.1) is 12.3 Å². The minimum atomic E-state index is -0.666. The van der Waals surface area contributed by atoms with E-state index < -0.39 is 12.1 Å². The van der Waals surface area contributed by atoms with E-state index in [9.17, 15) is 14.7 Å². The van der Waals surface area contributed by atoms with Crippen LogP contribution in [-0.4, -0.2) is 35.6 Å². The summed E-state index contributed by atoms with van der Waals surface area (Å²) in [6, 6.07) is 6.51. The predicted molar refractivity (Wildman–Crippen MR) is 86.6 cm³/mol. The Morgan fingerprint density at radius 2 is 1.91 bits per heavy atom. The van der Waals surface area contributed by atoms with Crippen LogP contribution in [-0.2, 0) is 4.79 Å². The number of rotatable bonds is 5. The second-order valence-corrected chi connectivity index (χ2v) is 6.69. The van der Waals surface area contributed by atoms with Crippen LogP contribution in [0.2, 0.25) is 0 Å². The van der Waals surface area contributed by atoms with Gasteiger partial charge in [-0.1, -0.05) is 38.5 Å². The van der Waals surface area contributed by atoms with Gasteiger partial charge in [0.15, 0.2) is 0 Å². The number of amides is 2. The molecule has 0 bridgehead atoms. The molecule has 3 N–H and O–H groups in total. The molecule has 2 amide bonds. The predicted octanol–water partition coefficient (Wildman–Crippen LogP) is 1.64. The zero-order valence-electron chi connectivity index (χ0n) is 13.9. The van der Waals surface area contributed by atoms with E-state index >= 15 is 0 Å². The van der Waals surface area contributed by atoms with E-state index in [4.69, 9.17) is 0 Å². The Labute approximate surface area is 132 Å². The monoisotopic (exact) mass is 306 g/mol. The van der Waals surface area contributed by atoms with Crippen LogP contribution >= 0.6 is 0 Å². The van der Waals surface area contributed by atoms with E-state index in [1.165, 1.54) is 0 Å². The fraction of sp³-hybridized carbons (Fsp3) is 0.529. The first-order valence-electron chi connectivity index (χ1n) is 7.44. The number of aliphatic hydroxyl groups is 1. The van der Waals surface area contributed by atoms with Gasteiger partial charge in [-0.2, -0.15) is 0 Å². The molecule has 0 saturated carbocycles. The minimum Gasteiger partial charge on any atom is -0.391 e. The maximum atomic E-state index is 12.1. The first-order valence-corrected chi connectivity index (χ1v) is 7.44. The minimum absolute atomic E-state index is 0.160. The molecular formula is C17H26N2O3. The lowest BCUT2D eigenvalue weighted by Crippen LogP contribution is -2.48. The molecule has 5 heteroatoms. The second kappa shape index (κ2) is 7.40. The first kappa shape index (κ1) is 18.2. The van der Waals surface area contributed by atoms with E-state index in [1.54, 1.807) is 25.1 Å². The molecular weight excluding hydrogens is 280 g/mol. The highest BCUT2D eigenvalue weighted by Crippen LogP contribution is 2.18. The van der Waals surface area contributed by atoms with Gasteiger partial charge in [0.25, 0.3) is 5.91 Å². The van der Waals surface area contributed by atoms with Crippen molar-refractivity contribution in [2.24, 2.45) is 5.41 Å². The summed E-state index contributed by atoms with van der Waals surface area (Å²) in [7, 11) is 0. The SMILES string of the molecule is Cc1cccc(C(=O)NC(C)C(=O)NCC(O)C(C)(C)C)c1. The number of hydrogen-bond acceptors (Lipinski definition) is 3. The Morgan fingerprint density at radius 3 is 2.45 bits per heavy atom. The molecule has 0 fully saturated rings. The topological polar surface area (TPSA) is 78.4 Å². The van der Waals surface area contributed by atoms with Gasteiger partial charge in [0.2, 0.25) is 5.91 Å². The first-order chi connectivity index (χ1) is 10.1.